The van der Waals surface area contributed by atoms with Gasteiger partial charge in [-0.3, -0.25) is 4.79 Å². The standard InChI is InChI=1S/C18H21N3OS.ClH/c1-13-5-6-16(14(2)12-13)23-17-15(4-3-7-20-17)18(22)21-10-8-19-9-11-21;/h3-7,12,19H,8-11H2,1-2H3;1H. The molecule has 1 aliphatic heterocycles. The van der Waals surface area contributed by atoms with Crippen LogP contribution in [0.25, 0.3) is 0 Å². The Morgan fingerprint density at radius 3 is 2.67 bits per heavy atom. The summed E-state index contributed by atoms with van der Waals surface area (Å²) < 4.78 is 0. The molecule has 4 nitrogen and oxygen atoms in total. The Bertz CT molecular complexity index is 717. The fourth-order valence-corrected chi connectivity index (χ4v) is 3.63. The van der Waals surface area contributed by atoms with Gasteiger partial charge in [-0.1, -0.05) is 29.5 Å². The Balaban J connectivity index is 0.00000208. The number of nitrogens with one attached hydrogen (secondary N) is 1. The monoisotopic (exact) mass is 363 g/mol. The van der Waals surface area contributed by atoms with E-state index in [0.29, 0.717) is 5.56 Å². The van der Waals surface area contributed by atoms with E-state index >= 15 is 0 Å². The molecule has 0 atom stereocenters. The number of halogens is 1. The fraction of sp³-hybridized carbons (Fsp3) is 0.333. The first-order valence-electron chi connectivity index (χ1n) is 7.85. The molecule has 0 aliphatic carbocycles. The first-order valence-corrected chi connectivity index (χ1v) is 8.67. The zero-order valence-electron chi connectivity index (χ0n) is 13.9. The van der Waals surface area contributed by atoms with E-state index in [-0.39, 0.29) is 18.3 Å². The van der Waals surface area contributed by atoms with Crippen molar-refractivity contribution in [1.29, 1.82) is 0 Å². The van der Waals surface area contributed by atoms with Crippen molar-refractivity contribution in [3.8, 4) is 0 Å². The van der Waals surface area contributed by atoms with Gasteiger partial charge in [0.05, 0.1) is 5.56 Å². The van der Waals surface area contributed by atoms with Crippen LogP contribution in [0.1, 0.15) is 21.5 Å². The molecule has 1 saturated heterocycles. The van der Waals surface area contributed by atoms with Gasteiger partial charge in [0.1, 0.15) is 5.03 Å². The van der Waals surface area contributed by atoms with Crippen molar-refractivity contribution in [2.24, 2.45) is 0 Å². The molecule has 0 saturated carbocycles. The van der Waals surface area contributed by atoms with Crippen LogP contribution in [0.5, 0.6) is 0 Å². The third-order valence-corrected chi connectivity index (χ3v) is 5.14. The van der Waals surface area contributed by atoms with Crippen LogP contribution in [-0.4, -0.2) is 42.0 Å². The van der Waals surface area contributed by atoms with Gasteiger partial charge in [-0.2, -0.15) is 0 Å². The van der Waals surface area contributed by atoms with E-state index in [1.165, 1.54) is 11.1 Å². The Hall–Kier alpha value is -1.56. The smallest absolute Gasteiger partial charge is 0.256 e. The molecule has 1 amide bonds. The van der Waals surface area contributed by atoms with Gasteiger partial charge in [0.2, 0.25) is 0 Å². The first kappa shape index (κ1) is 18.8. The van der Waals surface area contributed by atoms with Crippen molar-refractivity contribution in [3.63, 3.8) is 0 Å². The van der Waals surface area contributed by atoms with Crippen molar-refractivity contribution >= 4 is 30.1 Å². The van der Waals surface area contributed by atoms with Gasteiger partial charge >= 0.3 is 0 Å². The third kappa shape index (κ3) is 4.29. The summed E-state index contributed by atoms with van der Waals surface area (Å²) in [6.07, 6.45) is 1.75. The highest BCUT2D eigenvalue weighted by Gasteiger charge is 2.21. The average molecular weight is 364 g/mol. The van der Waals surface area contributed by atoms with Crippen LogP contribution in [0.3, 0.4) is 0 Å². The lowest BCUT2D eigenvalue weighted by molar-refractivity contribution is 0.0731. The normalized spacial score (nSPS) is 14.2. The number of hydrogen-bond acceptors (Lipinski definition) is 4. The van der Waals surface area contributed by atoms with E-state index in [1.54, 1.807) is 18.0 Å². The number of carbonyl (C=O) groups excluding carboxylic acids is 1. The summed E-state index contributed by atoms with van der Waals surface area (Å²) in [5.74, 6) is 0.0758. The Labute approximate surface area is 153 Å². The highest BCUT2D eigenvalue weighted by Crippen LogP contribution is 2.32. The number of aryl methyl sites for hydroxylation is 2. The van der Waals surface area contributed by atoms with Crippen molar-refractivity contribution in [2.45, 2.75) is 23.8 Å². The number of carbonyl (C=O) groups is 1. The summed E-state index contributed by atoms with van der Waals surface area (Å²) >= 11 is 1.57. The minimum atomic E-state index is 0. The molecule has 0 spiro atoms. The van der Waals surface area contributed by atoms with Gasteiger partial charge in [-0.15, -0.1) is 12.4 Å². The van der Waals surface area contributed by atoms with Gasteiger partial charge in [0, 0.05) is 37.3 Å². The van der Waals surface area contributed by atoms with Gasteiger partial charge in [0.25, 0.3) is 5.91 Å². The van der Waals surface area contributed by atoms with E-state index in [1.807, 2.05) is 17.0 Å². The molecule has 3 rings (SSSR count). The SMILES string of the molecule is Cc1ccc(Sc2ncccc2C(=O)N2CCNCC2)c(C)c1.Cl. The van der Waals surface area contributed by atoms with E-state index in [0.717, 1.165) is 36.1 Å². The lowest BCUT2D eigenvalue weighted by Crippen LogP contribution is -2.46. The van der Waals surface area contributed by atoms with Crippen LogP contribution in [0.15, 0.2) is 46.5 Å². The number of nitrogens with zero attached hydrogens (tertiary/aromatic N) is 2. The lowest BCUT2D eigenvalue weighted by atomic mass is 10.2. The minimum Gasteiger partial charge on any atom is -0.336 e. The molecule has 24 heavy (non-hydrogen) atoms. The Morgan fingerprint density at radius 1 is 1.21 bits per heavy atom. The minimum absolute atomic E-state index is 0. The topological polar surface area (TPSA) is 45.2 Å². The number of rotatable bonds is 3. The van der Waals surface area contributed by atoms with E-state index in [2.05, 4.69) is 42.3 Å². The molecule has 0 radical (unpaired) electrons. The zero-order chi connectivity index (χ0) is 16.2. The molecule has 2 heterocycles. The molecular formula is C18H22ClN3OS. The van der Waals surface area contributed by atoms with Crippen LogP contribution >= 0.6 is 24.2 Å². The Kier molecular flexibility index (Phi) is 6.66. The maximum atomic E-state index is 12.8. The van der Waals surface area contributed by atoms with E-state index in [4.69, 9.17) is 0 Å². The molecule has 6 heteroatoms. The van der Waals surface area contributed by atoms with Gasteiger partial charge < -0.3 is 10.2 Å². The van der Waals surface area contributed by atoms with E-state index in [9.17, 15) is 4.79 Å². The van der Waals surface area contributed by atoms with Crippen LogP contribution < -0.4 is 5.32 Å². The Morgan fingerprint density at radius 2 is 1.96 bits per heavy atom. The second-order valence-corrected chi connectivity index (χ2v) is 6.80. The van der Waals surface area contributed by atoms with Crippen molar-refractivity contribution in [3.05, 3.63) is 53.2 Å². The number of pyridine rings is 1. The van der Waals surface area contributed by atoms with Gasteiger partial charge in [-0.05, 0) is 37.6 Å². The largest absolute Gasteiger partial charge is 0.336 e. The maximum Gasteiger partial charge on any atom is 0.256 e. The van der Waals surface area contributed by atoms with Crippen molar-refractivity contribution in [2.75, 3.05) is 26.2 Å². The van der Waals surface area contributed by atoms with E-state index < -0.39 is 0 Å². The highest BCUT2D eigenvalue weighted by atomic mass is 35.5. The molecule has 1 aromatic carbocycles. The maximum absolute atomic E-state index is 12.8. The molecule has 128 valence electrons. The molecule has 2 aromatic rings. The molecule has 1 aliphatic rings. The number of aromatic nitrogens is 1. The zero-order valence-corrected chi connectivity index (χ0v) is 15.5. The summed E-state index contributed by atoms with van der Waals surface area (Å²) in [5.41, 5.74) is 3.14. The molecule has 0 unspecified atom stereocenters. The predicted molar refractivity (Wildman–Crippen MR) is 100 cm³/mol. The first-order chi connectivity index (χ1) is 11.1. The molecule has 1 N–H and O–H groups in total. The van der Waals surface area contributed by atoms with Gasteiger partial charge in [-0.25, -0.2) is 4.98 Å². The molecule has 0 bridgehead atoms. The number of benzene rings is 1. The van der Waals surface area contributed by atoms with Crippen LogP contribution in [0.4, 0.5) is 0 Å². The summed E-state index contributed by atoms with van der Waals surface area (Å²) in [7, 11) is 0. The molecule has 1 fully saturated rings. The highest BCUT2D eigenvalue weighted by molar-refractivity contribution is 7.99. The second-order valence-electron chi connectivity index (χ2n) is 5.77. The van der Waals surface area contributed by atoms with Crippen molar-refractivity contribution < 1.29 is 4.79 Å². The molecule has 1 aromatic heterocycles. The van der Waals surface area contributed by atoms with Gasteiger partial charge in [0.15, 0.2) is 0 Å². The summed E-state index contributed by atoms with van der Waals surface area (Å²) in [6.45, 7) is 7.39. The van der Waals surface area contributed by atoms with Crippen LogP contribution in [0.2, 0.25) is 0 Å². The van der Waals surface area contributed by atoms with Crippen molar-refractivity contribution in [1.82, 2.24) is 15.2 Å². The third-order valence-electron chi connectivity index (χ3n) is 3.94. The summed E-state index contributed by atoms with van der Waals surface area (Å²) in [6, 6.07) is 10.1. The number of piperazine rings is 1. The molecular weight excluding hydrogens is 342 g/mol. The lowest BCUT2D eigenvalue weighted by Gasteiger charge is -2.27. The number of hydrogen-bond donors (Lipinski definition) is 1. The van der Waals surface area contributed by atoms with Crippen LogP contribution in [0, 0.1) is 13.8 Å². The summed E-state index contributed by atoms with van der Waals surface area (Å²) in [5, 5.41) is 4.05. The quantitative estimate of drug-likeness (QED) is 0.908. The fourth-order valence-electron chi connectivity index (χ4n) is 2.69. The second kappa shape index (κ2) is 8.51. The average Bonchev–Trinajstić information content (AvgIpc) is 2.58. The summed E-state index contributed by atoms with van der Waals surface area (Å²) in [4.78, 5) is 20.3. The predicted octanol–water partition coefficient (Wildman–Crippen LogP) is 3.32. The number of amides is 1. The van der Waals surface area contributed by atoms with Crippen LogP contribution in [-0.2, 0) is 0 Å².